The second-order valence-corrected chi connectivity index (χ2v) is 9.63. The third kappa shape index (κ3) is 6.98. The van der Waals surface area contributed by atoms with Crippen molar-refractivity contribution < 1.29 is 4.79 Å². The molecule has 35 heavy (non-hydrogen) atoms. The third-order valence-electron chi connectivity index (χ3n) is 7.51. The van der Waals surface area contributed by atoms with Crippen molar-refractivity contribution in [3.8, 4) is 0 Å². The molecule has 0 aliphatic carbocycles. The fourth-order valence-corrected chi connectivity index (χ4v) is 5.39. The quantitative estimate of drug-likeness (QED) is 0.537. The number of benzene rings is 2. The number of aryl methyl sites for hydroxylation is 1. The maximum absolute atomic E-state index is 13.2. The lowest BCUT2D eigenvalue weighted by molar-refractivity contribution is -0.136. The number of carbonyl (C=O) groups is 1. The molecular formula is C31H45N3O. The Hall–Kier alpha value is -2.59. The van der Waals surface area contributed by atoms with Crippen LogP contribution in [0.2, 0.25) is 0 Å². The van der Waals surface area contributed by atoms with Crippen molar-refractivity contribution in [2.24, 2.45) is 5.92 Å². The highest BCUT2D eigenvalue weighted by Gasteiger charge is 2.31. The number of amides is 1. The standard InChI is InChI=1S/C29H39N3O.C2H6/c1-4-23-9-5-6-10-25(23)19-22(2)24-11-7-13-28(20-24)32-16-8-12-26(21-32)29(33)31-17-14-27(30-3)15-18-31;1-2/h5-7,9-11,13,20,26-27,30H,2,4,8,12,14-19,21H2,1,3H3;1-2H3/t26-;/m0./s1. The summed E-state index contributed by atoms with van der Waals surface area (Å²) in [6.07, 6.45) is 6.10. The fraction of sp³-hybridized carbons (Fsp3) is 0.516. The molecule has 1 N–H and O–H groups in total. The van der Waals surface area contributed by atoms with Crippen molar-refractivity contribution in [1.82, 2.24) is 10.2 Å². The molecule has 1 atom stereocenters. The van der Waals surface area contributed by atoms with Crippen LogP contribution < -0.4 is 10.2 Å². The Bertz CT molecular complexity index is 961. The summed E-state index contributed by atoms with van der Waals surface area (Å²) in [6, 6.07) is 18.0. The van der Waals surface area contributed by atoms with E-state index in [1.54, 1.807) is 0 Å². The Morgan fingerprint density at radius 1 is 1.00 bits per heavy atom. The molecule has 0 radical (unpaired) electrons. The van der Waals surface area contributed by atoms with E-state index in [1.807, 2.05) is 20.9 Å². The van der Waals surface area contributed by atoms with Gasteiger partial charge in [-0.3, -0.25) is 4.79 Å². The summed E-state index contributed by atoms with van der Waals surface area (Å²) in [6.45, 7) is 14.2. The van der Waals surface area contributed by atoms with Gasteiger partial charge in [0.1, 0.15) is 0 Å². The Labute approximate surface area is 213 Å². The number of anilines is 1. The van der Waals surface area contributed by atoms with Crippen molar-refractivity contribution in [2.45, 2.75) is 65.3 Å². The first-order chi connectivity index (χ1) is 17.1. The van der Waals surface area contributed by atoms with Gasteiger partial charge in [0, 0.05) is 37.9 Å². The van der Waals surface area contributed by atoms with Gasteiger partial charge in [-0.15, -0.1) is 0 Å². The number of carbonyl (C=O) groups excluding carboxylic acids is 1. The second kappa shape index (κ2) is 13.5. The van der Waals surface area contributed by atoms with Crippen molar-refractivity contribution in [3.63, 3.8) is 0 Å². The summed E-state index contributed by atoms with van der Waals surface area (Å²) in [5.74, 6) is 0.458. The molecule has 2 aliphatic heterocycles. The smallest absolute Gasteiger partial charge is 0.227 e. The van der Waals surface area contributed by atoms with Gasteiger partial charge in [0.2, 0.25) is 5.91 Å². The number of rotatable bonds is 7. The van der Waals surface area contributed by atoms with E-state index in [2.05, 4.69) is 77.2 Å². The fourth-order valence-electron chi connectivity index (χ4n) is 5.39. The van der Waals surface area contributed by atoms with Gasteiger partial charge in [0.25, 0.3) is 0 Å². The van der Waals surface area contributed by atoms with E-state index in [1.165, 1.54) is 22.4 Å². The van der Waals surface area contributed by atoms with E-state index in [0.717, 1.165) is 70.3 Å². The Kier molecular flexibility index (Phi) is 10.4. The maximum Gasteiger partial charge on any atom is 0.227 e. The molecule has 0 spiro atoms. The van der Waals surface area contributed by atoms with Crippen LogP contribution >= 0.6 is 0 Å². The minimum absolute atomic E-state index is 0.105. The molecular weight excluding hydrogens is 430 g/mol. The van der Waals surface area contributed by atoms with E-state index in [4.69, 9.17) is 0 Å². The summed E-state index contributed by atoms with van der Waals surface area (Å²) >= 11 is 0. The molecule has 2 aromatic carbocycles. The molecule has 1 amide bonds. The number of nitrogens with zero attached hydrogens (tertiary/aromatic N) is 2. The van der Waals surface area contributed by atoms with E-state index in [9.17, 15) is 4.79 Å². The zero-order chi connectivity index (χ0) is 25.2. The Morgan fingerprint density at radius 3 is 2.40 bits per heavy atom. The predicted octanol–water partition coefficient (Wildman–Crippen LogP) is 5.96. The summed E-state index contributed by atoms with van der Waals surface area (Å²) in [5.41, 5.74) is 6.31. The van der Waals surface area contributed by atoms with Gasteiger partial charge in [-0.25, -0.2) is 0 Å². The largest absolute Gasteiger partial charge is 0.371 e. The van der Waals surface area contributed by atoms with Gasteiger partial charge in [-0.05, 0) is 80.0 Å². The molecule has 2 fully saturated rings. The number of hydrogen-bond acceptors (Lipinski definition) is 3. The monoisotopic (exact) mass is 475 g/mol. The van der Waals surface area contributed by atoms with Crippen molar-refractivity contribution >= 4 is 17.2 Å². The van der Waals surface area contributed by atoms with E-state index in [0.29, 0.717) is 11.9 Å². The van der Waals surface area contributed by atoms with Crippen molar-refractivity contribution in [2.75, 3.05) is 38.1 Å². The summed E-state index contributed by atoms with van der Waals surface area (Å²) in [4.78, 5) is 17.7. The van der Waals surface area contributed by atoms with Crippen molar-refractivity contribution in [1.29, 1.82) is 0 Å². The molecule has 4 heteroatoms. The average molecular weight is 476 g/mol. The first-order valence-electron chi connectivity index (χ1n) is 13.6. The topological polar surface area (TPSA) is 35.6 Å². The Balaban J connectivity index is 0.00000167. The molecule has 2 aliphatic rings. The van der Waals surface area contributed by atoms with Crippen LogP contribution in [-0.2, 0) is 17.6 Å². The third-order valence-corrected chi connectivity index (χ3v) is 7.51. The lowest BCUT2D eigenvalue weighted by atomic mass is 9.93. The van der Waals surface area contributed by atoms with Crippen LogP contribution in [0, 0.1) is 5.92 Å². The molecule has 0 bridgehead atoms. The lowest BCUT2D eigenvalue weighted by Gasteiger charge is -2.38. The number of piperidine rings is 2. The molecule has 2 aromatic rings. The molecule has 2 saturated heterocycles. The normalized spacial score (nSPS) is 18.6. The van der Waals surface area contributed by atoms with Crippen LogP contribution in [0.5, 0.6) is 0 Å². The highest BCUT2D eigenvalue weighted by atomic mass is 16.2. The van der Waals surface area contributed by atoms with Gasteiger partial charge in [0.15, 0.2) is 0 Å². The molecule has 2 heterocycles. The molecule has 0 unspecified atom stereocenters. The van der Waals surface area contributed by atoms with Crippen LogP contribution in [-0.4, -0.2) is 50.1 Å². The van der Waals surface area contributed by atoms with E-state index >= 15 is 0 Å². The SMILES string of the molecule is C=C(Cc1ccccc1CC)c1cccc(N2CCC[C@H](C(=O)N3CCC(NC)CC3)C2)c1.CC. The van der Waals surface area contributed by atoms with Gasteiger partial charge < -0.3 is 15.1 Å². The van der Waals surface area contributed by atoms with E-state index < -0.39 is 0 Å². The van der Waals surface area contributed by atoms with Crippen LogP contribution in [0.1, 0.15) is 63.1 Å². The highest BCUT2D eigenvalue weighted by Crippen LogP contribution is 2.29. The minimum Gasteiger partial charge on any atom is -0.371 e. The number of likely N-dealkylation sites (tertiary alicyclic amines) is 1. The number of nitrogens with one attached hydrogen (secondary N) is 1. The highest BCUT2D eigenvalue weighted by molar-refractivity contribution is 5.80. The van der Waals surface area contributed by atoms with Gasteiger partial charge >= 0.3 is 0 Å². The number of hydrogen-bond donors (Lipinski definition) is 1. The van der Waals surface area contributed by atoms with Crippen LogP contribution in [0.25, 0.3) is 5.57 Å². The van der Waals surface area contributed by atoms with Gasteiger partial charge in [-0.2, -0.15) is 0 Å². The minimum atomic E-state index is 0.105. The first-order valence-corrected chi connectivity index (χ1v) is 13.6. The molecule has 0 aromatic heterocycles. The zero-order valence-corrected chi connectivity index (χ0v) is 22.4. The van der Waals surface area contributed by atoms with Crippen LogP contribution in [0.4, 0.5) is 5.69 Å². The number of allylic oxidation sites excluding steroid dienone is 1. The summed E-state index contributed by atoms with van der Waals surface area (Å²) in [5, 5.41) is 3.35. The Morgan fingerprint density at radius 2 is 1.71 bits per heavy atom. The molecule has 190 valence electrons. The zero-order valence-electron chi connectivity index (χ0n) is 22.4. The van der Waals surface area contributed by atoms with Crippen LogP contribution in [0.3, 0.4) is 0 Å². The first kappa shape index (κ1) is 27.0. The molecule has 4 nitrogen and oxygen atoms in total. The molecule has 0 saturated carbocycles. The van der Waals surface area contributed by atoms with Gasteiger partial charge in [0.05, 0.1) is 5.92 Å². The van der Waals surface area contributed by atoms with Crippen molar-refractivity contribution in [3.05, 3.63) is 71.8 Å². The second-order valence-electron chi connectivity index (χ2n) is 9.63. The lowest BCUT2D eigenvalue weighted by Crippen LogP contribution is -2.49. The van der Waals surface area contributed by atoms with E-state index in [-0.39, 0.29) is 5.92 Å². The summed E-state index contributed by atoms with van der Waals surface area (Å²) in [7, 11) is 2.02. The van der Waals surface area contributed by atoms with Crippen LogP contribution in [0.15, 0.2) is 55.1 Å². The summed E-state index contributed by atoms with van der Waals surface area (Å²) < 4.78 is 0. The maximum atomic E-state index is 13.2. The average Bonchev–Trinajstić information content (AvgIpc) is 2.94. The molecule has 4 rings (SSSR count). The predicted molar refractivity (Wildman–Crippen MR) is 150 cm³/mol. The van der Waals surface area contributed by atoms with Gasteiger partial charge in [-0.1, -0.05) is 63.7 Å².